The normalized spacial score (nSPS) is 26.6. The van der Waals surface area contributed by atoms with Gasteiger partial charge in [-0.2, -0.15) is 0 Å². The van der Waals surface area contributed by atoms with E-state index in [9.17, 15) is 0 Å². The molecule has 1 nitrogen and oxygen atoms in total. The molecule has 2 N–H and O–H groups in total. The molecule has 12 heavy (non-hydrogen) atoms. The van der Waals surface area contributed by atoms with Crippen LogP contribution in [-0.4, -0.2) is 6.54 Å². The molecule has 0 aromatic rings. The second-order valence-electron chi connectivity index (χ2n) is 4.14. The van der Waals surface area contributed by atoms with Crippen LogP contribution in [0.4, 0.5) is 0 Å². The summed E-state index contributed by atoms with van der Waals surface area (Å²) in [7, 11) is 0. The third-order valence-electron chi connectivity index (χ3n) is 3.11. The largest absolute Gasteiger partial charge is 0.330 e. The van der Waals surface area contributed by atoms with Gasteiger partial charge in [0.2, 0.25) is 0 Å². The Morgan fingerprint density at radius 1 is 1.67 bits per heavy atom. The summed E-state index contributed by atoms with van der Waals surface area (Å²) in [5.74, 6) is 1.72. The van der Waals surface area contributed by atoms with Crippen LogP contribution in [0.15, 0.2) is 11.6 Å². The Labute approximate surface area is 76.0 Å². The summed E-state index contributed by atoms with van der Waals surface area (Å²) in [6, 6.07) is 0. The summed E-state index contributed by atoms with van der Waals surface area (Å²) in [6.45, 7) is 5.43. The molecule has 0 bridgehead atoms. The van der Waals surface area contributed by atoms with Crippen LogP contribution in [-0.2, 0) is 0 Å². The Kier molecular flexibility index (Phi) is 3.80. The molecule has 0 radical (unpaired) electrons. The van der Waals surface area contributed by atoms with Gasteiger partial charge >= 0.3 is 0 Å². The van der Waals surface area contributed by atoms with Gasteiger partial charge in [0, 0.05) is 0 Å². The molecule has 0 amide bonds. The summed E-state index contributed by atoms with van der Waals surface area (Å²) < 4.78 is 0. The molecule has 0 aromatic heterocycles. The lowest BCUT2D eigenvalue weighted by atomic mass is 9.80. The number of nitrogens with two attached hydrogens (primary N) is 1. The van der Waals surface area contributed by atoms with E-state index in [0.29, 0.717) is 0 Å². The van der Waals surface area contributed by atoms with Gasteiger partial charge in [0.1, 0.15) is 0 Å². The standard InChI is InChI=1S/C11H21N/c1-9-3-5-11(6-4-9)10(2)7-8-12/h3,10-11H,4-8,12H2,1-2H3. The first-order valence-electron chi connectivity index (χ1n) is 5.09. The van der Waals surface area contributed by atoms with Crippen LogP contribution >= 0.6 is 0 Å². The Bertz CT molecular complexity index is 160. The van der Waals surface area contributed by atoms with E-state index in [1.807, 2.05) is 0 Å². The second-order valence-corrected chi connectivity index (χ2v) is 4.14. The molecule has 0 aromatic carbocycles. The average Bonchev–Trinajstić information content (AvgIpc) is 2.06. The lowest BCUT2D eigenvalue weighted by Gasteiger charge is -2.26. The topological polar surface area (TPSA) is 26.0 Å². The number of hydrogen-bond acceptors (Lipinski definition) is 1. The average molecular weight is 167 g/mol. The lowest BCUT2D eigenvalue weighted by molar-refractivity contribution is 0.314. The van der Waals surface area contributed by atoms with Gasteiger partial charge < -0.3 is 5.73 Å². The van der Waals surface area contributed by atoms with Crippen molar-refractivity contribution in [2.24, 2.45) is 17.6 Å². The fourth-order valence-electron chi connectivity index (χ4n) is 2.00. The highest BCUT2D eigenvalue weighted by atomic mass is 14.5. The smallest absolute Gasteiger partial charge is 0.00746 e. The highest BCUT2D eigenvalue weighted by Crippen LogP contribution is 2.30. The molecule has 2 unspecified atom stereocenters. The van der Waals surface area contributed by atoms with Crippen LogP contribution in [0.25, 0.3) is 0 Å². The molecule has 1 aliphatic carbocycles. The van der Waals surface area contributed by atoms with Gasteiger partial charge in [0.15, 0.2) is 0 Å². The lowest BCUT2D eigenvalue weighted by Crippen LogP contribution is -2.17. The minimum atomic E-state index is 0.819. The predicted molar refractivity (Wildman–Crippen MR) is 53.9 cm³/mol. The van der Waals surface area contributed by atoms with E-state index in [4.69, 9.17) is 5.73 Å². The first kappa shape index (κ1) is 9.79. The zero-order chi connectivity index (χ0) is 8.97. The Balaban J connectivity index is 2.34. The summed E-state index contributed by atoms with van der Waals surface area (Å²) in [5.41, 5.74) is 7.12. The molecule has 0 saturated carbocycles. The van der Waals surface area contributed by atoms with Gasteiger partial charge in [0.05, 0.1) is 0 Å². The fourth-order valence-corrected chi connectivity index (χ4v) is 2.00. The highest BCUT2D eigenvalue weighted by Gasteiger charge is 2.18. The molecule has 1 aliphatic rings. The Morgan fingerprint density at radius 2 is 2.42 bits per heavy atom. The molecular formula is C11H21N. The molecule has 70 valence electrons. The van der Waals surface area contributed by atoms with Crippen LogP contribution in [0.1, 0.15) is 39.5 Å². The van der Waals surface area contributed by atoms with Crippen LogP contribution < -0.4 is 5.73 Å². The minimum Gasteiger partial charge on any atom is -0.330 e. The zero-order valence-electron chi connectivity index (χ0n) is 8.34. The van der Waals surface area contributed by atoms with Gasteiger partial charge in [0.25, 0.3) is 0 Å². The minimum absolute atomic E-state index is 0.819. The van der Waals surface area contributed by atoms with E-state index in [2.05, 4.69) is 19.9 Å². The van der Waals surface area contributed by atoms with Gasteiger partial charge in [-0.15, -0.1) is 0 Å². The molecule has 0 aliphatic heterocycles. The summed E-state index contributed by atoms with van der Waals surface area (Å²) >= 11 is 0. The molecule has 2 atom stereocenters. The third-order valence-corrected chi connectivity index (χ3v) is 3.11. The molecule has 0 fully saturated rings. The van der Waals surface area contributed by atoms with Crippen molar-refractivity contribution in [2.75, 3.05) is 6.54 Å². The van der Waals surface area contributed by atoms with E-state index in [1.54, 1.807) is 5.57 Å². The quantitative estimate of drug-likeness (QED) is 0.643. The van der Waals surface area contributed by atoms with Crippen molar-refractivity contribution in [1.82, 2.24) is 0 Å². The monoisotopic (exact) mass is 167 g/mol. The van der Waals surface area contributed by atoms with Gasteiger partial charge in [-0.05, 0) is 51.0 Å². The Morgan fingerprint density at radius 3 is 2.92 bits per heavy atom. The van der Waals surface area contributed by atoms with E-state index in [1.165, 1.54) is 25.7 Å². The Hall–Kier alpha value is -0.300. The third kappa shape index (κ3) is 2.63. The number of hydrogen-bond donors (Lipinski definition) is 1. The SMILES string of the molecule is CC1=CCC(C(C)CCN)CC1. The van der Waals surface area contributed by atoms with E-state index in [-0.39, 0.29) is 0 Å². The van der Waals surface area contributed by atoms with Crippen molar-refractivity contribution in [1.29, 1.82) is 0 Å². The van der Waals surface area contributed by atoms with Gasteiger partial charge in [-0.1, -0.05) is 18.6 Å². The zero-order valence-corrected chi connectivity index (χ0v) is 8.34. The van der Waals surface area contributed by atoms with Crippen molar-refractivity contribution in [2.45, 2.75) is 39.5 Å². The van der Waals surface area contributed by atoms with Crippen molar-refractivity contribution in [3.8, 4) is 0 Å². The fraction of sp³-hybridized carbons (Fsp3) is 0.818. The van der Waals surface area contributed by atoms with Gasteiger partial charge in [-0.3, -0.25) is 0 Å². The molecule has 1 rings (SSSR count). The molecule has 0 spiro atoms. The maximum Gasteiger partial charge on any atom is -0.00746 e. The second kappa shape index (κ2) is 4.66. The number of rotatable bonds is 3. The first-order chi connectivity index (χ1) is 5.74. The molecular weight excluding hydrogens is 146 g/mol. The highest BCUT2D eigenvalue weighted by molar-refractivity contribution is 5.03. The van der Waals surface area contributed by atoms with E-state index >= 15 is 0 Å². The van der Waals surface area contributed by atoms with Crippen LogP contribution in [0.5, 0.6) is 0 Å². The molecule has 0 saturated heterocycles. The van der Waals surface area contributed by atoms with E-state index in [0.717, 1.165) is 18.4 Å². The summed E-state index contributed by atoms with van der Waals surface area (Å²) in [4.78, 5) is 0. The van der Waals surface area contributed by atoms with Crippen LogP contribution in [0.2, 0.25) is 0 Å². The summed E-state index contributed by atoms with van der Waals surface area (Å²) in [6.07, 6.45) is 7.56. The maximum atomic E-state index is 5.55. The van der Waals surface area contributed by atoms with Crippen LogP contribution in [0.3, 0.4) is 0 Å². The first-order valence-corrected chi connectivity index (χ1v) is 5.09. The summed E-state index contributed by atoms with van der Waals surface area (Å²) in [5, 5.41) is 0. The molecule has 1 heteroatoms. The van der Waals surface area contributed by atoms with Crippen molar-refractivity contribution >= 4 is 0 Å². The van der Waals surface area contributed by atoms with E-state index < -0.39 is 0 Å². The predicted octanol–water partition coefficient (Wildman–Crippen LogP) is 2.72. The maximum absolute atomic E-state index is 5.55. The van der Waals surface area contributed by atoms with Gasteiger partial charge in [-0.25, -0.2) is 0 Å². The van der Waals surface area contributed by atoms with Crippen molar-refractivity contribution in [3.05, 3.63) is 11.6 Å². The van der Waals surface area contributed by atoms with Crippen LogP contribution in [0, 0.1) is 11.8 Å². The van der Waals surface area contributed by atoms with Crippen molar-refractivity contribution in [3.63, 3.8) is 0 Å². The molecule has 0 heterocycles. The van der Waals surface area contributed by atoms with Crippen molar-refractivity contribution < 1.29 is 0 Å². The number of allylic oxidation sites excluding steroid dienone is 2.